The Balaban J connectivity index is 0.00000253. The molecule has 1 N–H and O–H groups in total. The van der Waals surface area contributed by atoms with Crippen LogP contribution in [0.3, 0.4) is 0 Å². The Labute approximate surface area is 217 Å². The quantitative estimate of drug-likeness (QED) is 0.206. The number of aromatic nitrogens is 2. The van der Waals surface area contributed by atoms with E-state index in [-0.39, 0.29) is 26.8 Å². The normalized spacial score (nSPS) is 10.7. The van der Waals surface area contributed by atoms with Gasteiger partial charge in [0.15, 0.2) is 0 Å². The van der Waals surface area contributed by atoms with Crippen molar-refractivity contribution in [1.82, 2.24) is 9.97 Å². The zero-order valence-corrected chi connectivity index (χ0v) is 20.7. The predicted molar refractivity (Wildman–Crippen MR) is 134 cm³/mol. The molecule has 0 radical (unpaired) electrons. The van der Waals surface area contributed by atoms with Crippen molar-refractivity contribution in [2.45, 2.75) is 0 Å². The Kier molecular flexibility index (Phi) is 6.30. The van der Waals surface area contributed by atoms with Gasteiger partial charge in [-0.15, -0.1) is 23.8 Å². The maximum atomic E-state index is 10.3. The SMILES string of the molecule is Oc1ccccc1-c1nc2c(-c3[c-]c(-c4ccccn4)cc(-c4ccccc4)c3)cccc2o1.[Pt]. The predicted octanol–water partition coefficient (Wildman–Crippen LogP) is 7.39. The van der Waals surface area contributed by atoms with E-state index in [1.165, 1.54) is 0 Å². The van der Waals surface area contributed by atoms with E-state index in [1.54, 1.807) is 24.4 Å². The minimum absolute atomic E-state index is 0. The van der Waals surface area contributed by atoms with Crippen LogP contribution in [0.2, 0.25) is 0 Å². The molecule has 0 saturated carbocycles. The third kappa shape index (κ3) is 4.41. The molecule has 0 aliphatic carbocycles. The molecular weight excluding hydrogens is 615 g/mol. The Morgan fingerprint density at radius 1 is 0.686 bits per heavy atom. The number of hydrogen-bond donors (Lipinski definition) is 1. The summed E-state index contributed by atoms with van der Waals surface area (Å²) in [4.78, 5) is 9.30. The van der Waals surface area contributed by atoms with Crippen LogP contribution in [-0.2, 0) is 21.1 Å². The van der Waals surface area contributed by atoms with Crippen LogP contribution in [0.5, 0.6) is 5.75 Å². The molecule has 2 heterocycles. The Morgan fingerprint density at radius 2 is 1.43 bits per heavy atom. The van der Waals surface area contributed by atoms with Crippen molar-refractivity contribution in [3.63, 3.8) is 0 Å². The van der Waals surface area contributed by atoms with Gasteiger partial charge in [-0.1, -0.05) is 83.4 Å². The summed E-state index contributed by atoms with van der Waals surface area (Å²) < 4.78 is 6.03. The number of fused-ring (bicyclic) bond motifs is 1. The first kappa shape index (κ1) is 22.8. The van der Waals surface area contributed by atoms with Crippen molar-refractivity contribution in [1.29, 1.82) is 0 Å². The molecule has 0 fully saturated rings. The molecule has 0 amide bonds. The second-order valence-corrected chi connectivity index (χ2v) is 7.97. The third-order valence-corrected chi connectivity index (χ3v) is 5.76. The molecule has 2 aromatic heterocycles. The standard InChI is InChI=1S/C30H19N2O2.Pt/c33-27-14-5-4-11-25(27)30-32-29-24(12-8-15-28(29)34-30)22-17-21(20-9-2-1-3-10-20)18-23(19-22)26-13-6-7-16-31-26;/h1-18,33H;/q-1;. The first-order chi connectivity index (χ1) is 16.8. The number of phenolic OH excluding ortho intramolecular Hbond substituents is 1. The Morgan fingerprint density at radius 3 is 2.23 bits per heavy atom. The number of hydrogen-bond acceptors (Lipinski definition) is 4. The fraction of sp³-hybridized carbons (Fsp3) is 0. The molecule has 172 valence electrons. The van der Waals surface area contributed by atoms with E-state index < -0.39 is 0 Å². The summed E-state index contributed by atoms with van der Waals surface area (Å²) >= 11 is 0. The fourth-order valence-corrected chi connectivity index (χ4v) is 4.11. The molecule has 5 heteroatoms. The van der Waals surface area contributed by atoms with Crippen molar-refractivity contribution in [3.05, 3.63) is 115 Å². The first-order valence-electron chi connectivity index (χ1n) is 11.0. The molecule has 0 unspecified atom stereocenters. The number of pyridine rings is 1. The van der Waals surface area contributed by atoms with Crippen molar-refractivity contribution in [2.75, 3.05) is 0 Å². The molecule has 4 nitrogen and oxygen atoms in total. The molecule has 0 aliphatic rings. The van der Waals surface area contributed by atoms with Crippen LogP contribution in [0.4, 0.5) is 0 Å². The molecule has 0 bridgehead atoms. The van der Waals surface area contributed by atoms with Crippen LogP contribution >= 0.6 is 0 Å². The zero-order valence-electron chi connectivity index (χ0n) is 18.5. The van der Waals surface area contributed by atoms with Crippen LogP contribution in [0, 0.1) is 6.07 Å². The second kappa shape index (κ2) is 9.69. The van der Waals surface area contributed by atoms with Crippen LogP contribution < -0.4 is 0 Å². The summed E-state index contributed by atoms with van der Waals surface area (Å²) in [5.74, 6) is 0.510. The number of rotatable bonds is 4. The summed E-state index contributed by atoms with van der Waals surface area (Å²) in [7, 11) is 0. The summed E-state index contributed by atoms with van der Waals surface area (Å²) in [6.07, 6.45) is 1.79. The second-order valence-electron chi connectivity index (χ2n) is 7.97. The van der Waals surface area contributed by atoms with Crippen LogP contribution in [-0.4, -0.2) is 15.1 Å². The molecule has 6 rings (SSSR count). The average Bonchev–Trinajstić information content (AvgIpc) is 3.34. The number of phenols is 1. The minimum Gasteiger partial charge on any atom is -0.507 e. The van der Waals surface area contributed by atoms with E-state index in [0.717, 1.165) is 33.5 Å². The number of nitrogens with zero attached hydrogens (tertiary/aromatic N) is 2. The van der Waals surface area contributed by atoms with Crippen molar-refractivity contribution < 1.29 is 30.6 Å². The number of oxazole rings is 1. The van der Waals surface area contributed by atoms with Gasteiger partial charge >= 0.3 is 0 Å². The first-order valence-corrected chi connectivity index (χ1v) is 11.0. The van der Waals surface area contributed by atoms with Gasteiger partial charge in [0.25, 0.3) is 0 Å². The molecule has 4 aromatic carbocycles. The van der Waals surface area contributed by atoms with Gasteiger partial charge in [-0.3, -0.25) is 4.98 Å². The van der Waals surface area contributed by atoms with E-state index in [9.17, 15) is 5.11 Å². The van der Waals surface area contributed by atoms with Gasteiger partial charge in [0.1, 0.15) is 11.3 Å². The summed E-state index contributed by atoms with van der Waals surface area (Å²) in [6, 6.07) is 36.8. The van der Waals surface area contributed by atoms with E-state index in [1.807, 2.05) is 60.7 Å². The van der Waals surface area contributed by atoms with Crippen LogP contribution in [0.15, 0.2) is 114 Å². The van der Waals surface area contributed by atoms with Gasteiger partial charge in [0.05, 0.1) is 11.1 Å². The number of para-hydroxylation sites is 2. The van der Waals surface area contributed by atoms with Crippen molar-refractivity contribution in [3.8, 4) is 50.7 Å². The zero-order chi connectivity index (χ0) is 22.9. The smallest absolute Gasteiger partial charge is 0.230 e. The van der Waals surface area contributed by atoms with Gasteiger partial charge in [-0.05, 0) is 29.8 Å². The summed E-state index contributed by atoms with van der Waals surface area (Å²) in [6.45, 7) is 0. The fourth-order valence-electron chi connectivity index (χ4n) is 4.11. The molecular formula is C30H19N2O2Pt-. The summed E-state index contributed by atoms with van der Waals surface area (Å²) in [5, 5.41) is 10.3. The van der Waals surface area contributed by atoms with E-state index >= 15 is 0 Å². The number of benzene rings is 4. The maximum Gasteiger partial charge on any atom is 0.230 e. The van der Waals surface area contributed by atoms with Crippen LogP contribution in [0.25, 0.3) is 56.1 Å². The molecule has 0 saturated heterocycles. The molecule has 0 atom stereocenters. The van der Waals surface area contributed by atoms with E-state index in [2.05, 4.69) is 35.3 Å². The van der Waals surface area contributed by atoms with E-state index in [0.29, 0.717) is 22.6 Å². The molecule has 0 aliphatic heterocycles. The average molecular weight is 635 g/mol. The van der Waals surface area contributed by atoms with Gasteiger partial charge in [0.2, 0.25) is 5.89 Å². The number of aromatic hydroxyl groups is 1. The molecule has 0 spiro atoms. The van der Waals surface area contributed by atoms with Gasteiger partial charge in [0, 0.05) is 33.0 Å². The van der Waals surface area contributed by atoms with Gasteiger partial charge in [-0.2, -0.15) is 0 Å². The molecule has 35 heavy (non-hydrogen) atoms. The largest absolute Gasteiger partial charge is 0.507 e. The van der Waals surface area contributed by atoms with Crippen molar-refractivity contribution in [2.24, 2.45) is 0 Å². The third-order valence-electron chi connectivity index (χ3n) is 5.76. The summed E-state index contributed by atoms with van der Waals surface area (Å²) in [5.41, 5.74) is 7.64. The van der Waals surface area contributed by atoms with Gasteiger partial charge in [-0.25, -0.2) is 4.98 Å². The topological polar surface area (TPSA) is 59.2 Å². The van der Waals surface area contributed by atoms with Crippen molar-refractivity contribution >= 4 is 11.1 Å². The van der Waals surface area contributed by atoms with E-state index in [4.69, 9.17) is 9.40 Å². The Bertz CT molecular complexity index is 1550. The van der Waals surface area contributed by atoms with Gasteiger partial charge < -0.3 is 9.52 Å². The minimum atomic E-state index is 0. The maximum absolute atomic E-state index is 10.3. The Hall–Kier alpha value is -4.01. The monoisotopic (exact) mass is 634 g/mol. The van der Waals surface area contributed by atoms with Crippen LogP contribution in [0.1, 0.15) is 0 Å². The molecule has 6 aromatic rings.